The molecule has 1 aliphatic heterocycles. The molecule has 6 nitrogen and oxygen atoms in total. The molecule has 0 aromatic heterocycles. The molecule has 1 saturated heterocycles. The molecule has 0 spiro atoms. The zero-order chi connectivity index (χ0) is 23.9. The molecule has 0 radical (unpaired) electrons. The predicted octanol–water partition coefficient (Wildman–Crippen LogP) is 5.18. The number of anilines is 1. The molecular formula is C28H30N2O4. The molecule has 1 fully saturated rings. The Balaban J connectivity index is 1.53. The van der Waals surface area contributed by atoms with Gasteiger partial charge < -0.3 is 19.7 Å². The lowest BCUT2D eigenvalue weighted by atomic mass is 10.0. The Kier molecular flexibility index (Phi) is 7.48. The van der Waals surface area contributed by atoms with Crippen molar-refractivity contribution in [3.8, 4) is 22.6 Å². The number of rotatable bonds is 7. The maximum absolute atomic E-state index is 13.3. The molecule has 1 N–H and O–H groups in total. The van der Waals surface area contributed by atoms with Gasteiger partial charge in [0, 0.05) is 19.2 Å². The molecule has 1 heterocycles. The van der Waals surface area contributed by atoms with Crippen molar-refractivity contribution in [1.29, 1.82) is 0 Å². The fourth-order valence-electron chi connectivity index (χ4n) is 4.25. The Morgan fingerprint density at radius 2 is 1.44 bits per heavy atom. The van der Waals surface area contributed by atoms with Gasteiger partial charge in [0.05, 0.1) is 31.9 Å². The van der Waals surface area contributed by atoms with Crippen LogP contribution in [0.1, 0.15) is 35.2 Å². The lowest BCUT2D eigenvalue weighted by Gasteiger charge is -2.28. The van der Waals surface area contributed by atoms with E-state index < -0.39 is 0 Å². The normalized spacial score (nSPS) is 13.3. The molecule has 0 aliphatic carbocycles. The van der Waals surface area contributed by atoms with Crippen molar-refractivity contribution >= 4 is 17.5 Å². The van der Waals surface area contributed by atoms with Crippen molar-refractivity contribution in [3.63, 3.8) is 0 Å². The van der Waals surface area contributed by atoms with E-state index in [1.165, 1.54) is 14.2 Å². The van der Waals surface area contributed by atoms with E-state index in [4.69, 9.17) is 9.47 Å². The molecule has 4 rings (SSSR count). The second kappa shape index (κ2) is 10.9. The zero-order valence-electron chi connectivity index (χ0n) is 19.7. The first-order valence-electron chi connectivity index (χ1n) is 11.6. The number of nitrogens with one attached hydrogen (secondary N) is 1. The summed E-state index contributed by atoms with van der Waals surface area (Å²) in [6.07, 6.45) is 3.29. The number of methoxy groups -OCH3 is 2. The molecule has 34 heavy (non-hydrogen) atoms. The number of amides is 2. The molecule has 0 atom stereocenters. The summed E-state index contributed by atoms with van der Waals surface area (Å²) in [5.41, 5.74) is 3.96. The summed E-state index contributed by atoms with van der Waals surface area (Å²) in [5, 5.41) is 2.93. The van der Waals surface area contributed by atoms with Crippen LogP contribution in [0, 0.1) is 0 Å². The summed E-state index contributed by atoms with van der Waals surface area (Å²) < 4.78 is 10.8. The number of benzene rings is 3. The van der Waals surface area contributed by atoms with Gasteiger partial charge >= 0.3 is 0 Å². The number of hydrogen-bond acceptors (Lipinski definition) is 4. The standard InChI is InChI=1S/C28H30N2O4/c1-33-25-18-23(28(32)30-15-7-4-8-16-30)24(19-26(25)34-2)29-27(31)17-20-11-13-22(14-12-20)21-9-5-3-6-10-21/h3,5-6,9-14,18-19H,4,7-8,15-17H2,1-2H3,(H,29,31). The molecular weight excluding hydrogens is 428 g/mol. The second-order valence-electron chi connectivity index (χ2n) is 8.39. The van der Waals surface area contributed by atoms with Gasteiger partial charge in [-0.1, -0.05) is 54.6 Å². The third-order valence-electron chi connectivity index (χ3n) is 6.10. The first-order chi connectivity index (χ1) is 16.6. The second-order valence-corrected chi connectivity index (χ2v) is 8.39. The molecule has 0 saturated carbocycles. The molecule has 6 heteroatoms. The summed E-state index contributed by atoms with van der Waals surface area (Å²) in [6.45, 7) is 1.43. The van der Waals surface area contributed by atoms with Crippen molar-refractivity contribution in [2.45, 2.75) is 25.7 Å². The Morgan fingerprint density at radius 1 is 0.824 bits per heavy atom. The van der Waals surface area contributed by atoms with Gasteiger partial charge in [0.15, 0.2) is 11.5 Å². The SMILES string of the molecule is COc1cc(NC(=O)Cc2ccc(-c3ccccc3)cc2)c(C(=O)N2CCCCC2)cc1OC. The Labute approximate surface area is 200 Å². The van der Waals surface area contributed by atoms with E-state index in [0.717, 1.165) is 36.0 Å². The van der Waals surface area contributed by atoms with Crippen LogP contribution in [0.15, 0.2) is 66.7 Å². The summed E-state index contributed by atoms with van der Waals surface area (Å²) in [6, 6.07) is 21.4. The zero-order valence-corrected chi connectivity index (χ0v) is 19.7. The van der Waals surface area contributed by atoms with Crippen LogP contribution in [0.3, 0.4) is 0 Å². The van der Waals surface area contributed by atoms with E-state index in [0.29, 0.717) is 35.8 Å². The monoisotopic (exact) mass is 458 g/mol. The average Bonchev–Trinajstić information content (AvgIpc) is 2.89. The summed E-state index contributed by atoms with van der Waals surface area (Å²) in [4.78, 5) is 28.0. The highest BCUT2D eigenvalue weighted by atomic mass is 16.5. The van der Waals surface area contributed by atoms with Crippen LogP contribution < -0.4 is 14.8 Å². The molecule has 0 bridgehead atoms. The first-order valence-corrected chi connectivity index (χ1v) is 11.6. The largest absolute Gasteiger partial charge is 0.493 e. The Hall–Kier alpha value is -3.80. The van der Waals surface area contributed by atoms with Gasteiger partial charge in [0.1, 0.15) is 0 Å². The number of likely N-dealkylation sites (tertiary alicyclic amines) is 1. The third kappa shape index (κ3) is 5.39. The van der Waals surface area contributed by atoms with Crippen molar-refractivity contribution in [3.05, 3.63) is 77.9 Å². The van der Waals surface area contributed by atoms with Crippen LogP contribution >= 0.6 is 0 Å². The molecule has 3 aromatic rings. The lowest BCUT2D eigenvalue weighted by molar-refractivity contribution is -0.115. The number of carbonyl (C=O) groups is 2. The maximum Gasteiger partial charge on any atom is 0.256 e. The van der Waals surface area contributed by atoms with Gasteiger partial charge in [-0.2, -0.15) is 0 Å². The minimum atomic E-state index is -0.202. The Bertz CT molecular complexity index is 1140. The molecule has 1 aliphatic rings. The number of piperidine rings is 1. The first kappa shape index (κ1) is 23.4. The maximum atomic E-state index is 13.3. The molecule has 2 amide bonds. The van der Waals surface area contributed by atoms with Gasteiger partial charge in [-0.15, -0.1) is 0 Å². The topological polar surface area (TPSA) is 67.9 Å². The third-order valence-corrected chi connectivity index (χ3v) is 6.10. The van der Waals surface area contributed by atoms with Crippen LogP contribution in [0.2, 0.25) is 0 Å². The fourth-order valence-corrected chi connectivity index (χ4v) is 4.25. The van der Waals surface area contributed by atoms with E-state index in [9.17, 15) is 9.59 Å². The summed E-state index contributed by atoms with van der Waals surface area (Å²) in [5.74, 6) is 0.605. The number of carbonyl (C=O) groups excluding carboxylic acids is 2. The van der Waals surface area contributed by atoms with E-state index in [1.807, 2.05) is 47.4 Å². The van der Waals surface area contributed by atoms with E-state index in [2.05, 4.69) is 17.4 Å². The smallest absolute Gasteiger partial charge is 0.256 e. The van der Waals surface area contributed by atoms with Crippen molar-refractivity contribution in [1.82, 2.24) is 4.90 Å². The Morgan fingerprint density at radius 3 is 2.09 bits per heavy atom. The lowest BCUT2D eigenvalue weighted by Crippen LogP contribution is -2.36. The minimum absolute atomic E-state index is 0.108. The molecule has 3 aromatic carbocycles. The van der Waals surface area contributed by atoms with E-state index in [-0.39, 0.29) is 18.2 Å². The number of ether oxygens (including phenoxy) is 2. The predicted molar refractivity (Wildman–Crippen MR) is 134 cm³/mol. The van der Waals surface area contributed by atoms with Gasteiger partial charge in [-0.05, 0) is 42.0 Å². The molecule has 0 unspecified atom stereocenters. The van der Waals surface area contributed by atoms with E-state index in [1.54, 1.807) is 12.1 Å². The highest BCUT2D eigenvalue weighted by Gasteiger charge is 2.24. The summed E-state index contributed by atoms with van der Waals surface area (Å²) >= 11 is 0. The van der Waals surface area contributed by atoms with Crippen LogP contribution in [0.4, 0.5) is 5.69 Å². The molecule has 176 valence electrons. The van der Waals surface area contributed by atoms with Gasteiger partial charge in [-0.25, -0.2) is 0 Å². The van der Waals surface area contributed by atoms with E-state index >= 15 is 0 Å². The van der Waals surface area contributed by atoms with Crippen molar-refractivity contribution in [2.24, 2.45) is 0 Å². The average molecular weight is 459 g/mol. The van der Waals surface area contributed by atoms with Crippen molar-refractivity contribution in [2.75, 3.05) is 32.6 Å². The van der Waals surface area contributed by atoms with Gasteiger partial charge in [-0.3, -0.25) is 9.59 Å². The highest BCUT2D eigenvalue weighted by molar-refractivity contribution is 6.05. The number of nitrogens with zero attached hydrogens (tertiary/aromatic N) is 1. The quantitative estimate of drug-likeness (QED) is 0.530. The minimum Gasteiger partial charge on any atom is -0.493 e. The highest BCUT2D eigenvalue weighted by Crippen LogP contribution is 2.34. The van der Waals surface area contributed by atoms with Crippen LogP contribution in [-0.4, -0.2) is 44.0 Å². The fraction of sp³-hybridized carbons (Fsp3) is 0.286. The van der Waals surface area contributed by atoms with Crippen LogP contribution in [0.5, 0.6) is 11.5 Å². The van der Waals surface area contributed by atoms with Crippen LogP contribution in [-0.2, 0) is 11.2 Å². The van der Waals surface area contributed by atoms with Gasteiger partial charge in [0.2, 0.25) is 5.91 Å². The van der Waals surface area contributed by atoms with Crippen molar-refractivity contribution < 1.29 is 19.1 Å². The number of hydrogen-bond donors (Lipinski definition) is 1. The van der Waals surface area contributed by atoms with Crippen LogP contribution in [0.25, 0.3) is 11.1 Å². The van der Waals surface area contributed by atoms with Gasteiger partial charge in [0.25, 0.3) is 5.91 Å². The summed E-state index contributed by atoms with van der Waals surface area (Å²) in [7, 11) is 3.06.